The van der Waals surface area contributed by atoms with Crippen molar-refractivity contribution in [2.75, 3.05) is 6.61 Å². The van der Waals surface area contributed by atoms with Crippen LogP contribution in [0.2, 0.25) is 0 Å². The highest BCUT2D eigenvalue weighted by atomic mass is 16.6. The summed E-state index contributed by atoms with van der Waals surface area (Å²) in [5.74, 6) is -2.00. The Kier molecular flexibility index (Phi) is 4.33. The highest BCUT2D eigenvalue weighted by molar-refractivity contribution is 6.10. The summed E-state index contributed by atoms with van der Waals surface area (Å²) >= 11 is 0. The molecule has 0 radical (unpaired) electrons. The first-order valence-electron chi connectivity index (χ1n) is 4.97. The highest BCUT2D eigenvalue weighted by Gasteiger charge is 2.39. The second kappa shape index (κ2) is 5.74. The van der Waals surface area contributed by atoms with E-state index in [0.717, 1.165) is 0 Å². The first-order chi connectivity index (χ1) is 8.07. The van der Waals surface area contributed by atoms with Crippen LogP contribution in [0.15, 0.2) is 30.3 Å². The molecule has 0 aliphatic heterocycles. The van der Waals surface area contributed by atoms with Gasteiger partial charge in [-0.05, 0) is 6.92 Å². The molecule has 1 rings (SSSR count). The molecule has 0 saturated carbocycles. The third-order valence-corrected chi connectivity index (χ3v) is 2.03. The number of benzene rings is 1. The first-order valence-corrected chi connectivity index (χ1v) is 4.97. The summed E-state index contributed by atoms with van der Waals surface area (Å²) in [5, 5.41) is 10.7. The van der Waals surface area contributed by atoms with Gasteiger partial charge in [0.15, 0.2) is 0 Å². The van der Waals surface area contributed by atoms with Crippen molar-refractivity contribution in [2.45, 2.75) is 13.0 Å². The zero-order valence-corrected chi connectivity index (χ0v) is 9.16. The van der Waals surface area contributed by atoms with Crippen LogP contribution in [0.3, 0.4) is 0 Å². The normalized spacial score (nSPS) is 11.6. The Morgan fingerprint density at radius 2 is 1.94 bits per heavy atom. The molecule has 0 saturated heterocycles. The van der Waals surface area contributed by atoms with Gasteiger partial charge in [-0.1, -0.05) is 30.3 Å². The van der Waals surface area contributed by atoms with Crippen LogP contribution in [0.5, 0.6) is 0 Å². The Hall–Kier alpha value is -2.24. The molecular formula is C11H11NO5. The van der Waals surface area contributed by atoms with Gasteiger partial charge in [0, 0.05) is 10.5 Å². The number of rotatable bonds is 5. The summed E-state index contributed by atoms with van der Waals surface area (Å²) in [4.78, 5) is 32.9. The zero-order chi connectivity index (χ0) is 12.8. The van der Waals surface area contributed by atoms with E-state index in [1.807, 2.05) is 0 Å². The van der Waals surface area contributed by atoms with Crippen LogP contribution in [-0.2, 0) is 9.53 Å². The second-order valence-corrected chi connectivity index (χ2v) is 3.17. The molecule has 0 bridgehead atoms. The number of hydrogen-bond acceptors (Lipinski definition) is 5. The van der Waals surface area contributed by atoms with E-state index >= 15 is 0 Å². The molecule has 1 aromatic rings. The number of esters is 1. The van der Waals surface area contributed by atoms with Crippen molar-refractivity contribution in [3.05, 3.63) is 46.0 Å². The van der Waals surface area contributed by atoms with Gasteiger partial charge in [-0.15, -0.1) is 0 Å². The van der Waals surface area contributed by atoms with Crippen molar-refractivity contribution >= 4 is 11.8 Å². The van der Waals surface area contributed by atoms with E-state index in [1.54, 1.807) is 18.2 Å². The molecule has 1 atom stereocenters. The lowest BCUT2D eigenvalue weighted by Crippen LogP contribution is -2.39. The fourth-order valence-electron chi connectivity index (χ4n) is 1.27. The van der Waals surface area contributed by atoms with E-state index in [2.05, 4.69) is 4.74 Å². The molecular weight excluding hydrogens is 226 g/mol. The maximum absolute atomic E-state index is 11.8. The van der Waals surface area contributed by atoms with E-state index in [4.69, 9.17) is 0 Å². The van der Waals surface area contributed by atoms with Gasteiger partial charge >= 0.3 is 12.0 Å². The minimum absolute atomic E-state index is 0.00869. The lowest BCUT2D eigenvalue weighted by molar-refractivity contribution is -0.494. The van der Waals surface area contributed by atoms with Crippen LogP contribution >= 0.6 is 0 Å². The second-order valence-electron chi connectivity index (χ2n) is 3.17. The number of carbonyl (C=O) groups is 2. The number of Topliss-reactive ketones (excluding diaryl/α,β-unsaturated/α-hetero) is 1. The van der Waals surface area contributed by atoms with Crippen LogP contribution in [0.25, 0.3) is 0 Å². The summed E-state index contributed by atoms with van der Waals surface area (Å²) in [7, 11) is 0. The quantitative estimate of drug-likeness (QED) is 0.251. The molecule has 0 aliphatic carbocycles. The predicted molar refractivity (Wildman–Crippen MR) is 58.2 cm³/mol. The molecule has 6 nitrogen and oxygen atoms in total. The number of ether oxygens (including phenoxy) is 1. The van der Waals surface area contributed by atoms with Gasteiger partial charge in [0.05, 0.1) is 6.61 Å². The predicted octanol–water partition coefficient (Wildman–Crippen LogP) is 1.08. The molecule has 6 heteroatoms. The van der Waals surface area contributed by atoms with E-state index in [9.17, 15) is 19.7 Å². The Labute approximate surface area is 97.3 Å². The van der Waals surface area contributed by atoms with Crippen molar-refractivity contribution in [1.29, 1.82) is 0 Å². The minimum Gasteiger partial charge on any atom is -0.461 e. The lowest BCUT2D eigenvalue weighted by Gasteiger charge is -2.07. The molecule has 0 aromatic heterocycles. The Bertz CT molecular complexity index is 429. The maximum atomic E-state index is 11.8. The SMILES string of the molecule is CCOC(=O)C(C(=O)c1ccccc1)[N+](=O)[O-]. The van der Waals surface area contributed by atoms with E-state index in [1.165, 1.54) is 19.1 Å². The summed E-state index contributed by atoms with van der Waals surface area (Å²) in [6.45, 7) is 1.51. The molecule has 90 valence electrons. The largest absolute Gasteiger partial charge is 0.461 e. The average Bonchev–Trinajstić information content (AvgIpc) is 2.30. The molecule has 0 amide bonds. The van der Waals surface area contributed by atoms with Crippen molar-refractivity contribution in [2.24, 2.45) is 0 Å². The van der Waals surface area contributed by atoms with Crippen LogP contribution in [0.1, 0.15) is 17.3 Å². The molecule has 1 aromatic carbocycles. The molecule has 0 fully saturated rings. The van der Waals surface area contributed by atoms with Crippen molar-refractivity contribution in [3.8, 4) is 0 Å². The number of carbonyl (C=O) groups excluding carboxylic acids is 2. The molecule has 0 N–H and O–H groups in total. The Morgan fingerprint density at radius 3 is 2.41 bits per heavy atom. The number of nitro groups is 1. The van der Waals surface area contributed by atoms with Crippen LogP contribution in [0, 0.1) is 10.1 Å². The van der Waals surface area contributed by atoms with Crippen LogP contribution in [-0.4, -0.2) is 29.3 Å². The molecule has 17 heavy (non-hydrogen) atoms. The molecule has 1 unspecified atom stereocenters. The first kappa shape index (κ1) is 12.8. The lowest BCUT2D eigenvalue weighted by atomic mass is 10.1. The van der Waals surface area contributed by atoms with E-state index in [0.29, 0.717) is 0 Å². The summed E-state index contributed by atoms with van der Waals surface area (Å²) in [6.07, 6.45) is 0. The third kappa shape index (κ3) is 3.10. The summed E-state index contributed by atoms with van der Waals surface area (Å²) in [6, 6.07) is 5.64. The monoisotopic (exact) mass is 237 g/mol. The molecule has 0 heterocycles. The fourth-order valence-corrected chi connectivity index (χ4v) is 1.27. The van der Waals surface area contributed by atoms with Gasteiger partial charge in [0.1, 0.15) is 0 Å². The van der Waals surface area contributed by atoms with Crippen LogP contribution in [0.4, 0.5) is 0 Å². The Morgan fingerprint density at radius 1 is 1.35 bits per heavy atom. The Balaban J connectivity index is 2.97. The molecule has 0 aliphatic rings. The van der Waals surface area contributed by atoms with Gasteiger partial charge < -0.3 is 4.74 Å². The van der Waals surface area contributed by atoms with E-state index < -0.39 is 22.7 Å². The van der Waals surface area contributed by atoms with E-state index in [-0.39, 0.29) is 12.2 Å². The standard InChI is InChI=1S/C11H11NO5/c1-2-17-11(14)9(12(15)16)10(13)8-6-4-3-5-7-8/h3-7,9H,2H2,1H3. The van der Waals surface area contributed by atoms with Gasteiger partial charge in [-0.3, -0.25) is 14.9 Å². The molecule has 0 spiro atoms. The topological polar surface area (TPSA) is 86.5 Å². The number of hydrogen-bond donors (Lipinski definition) is 0. The minimum atomic E-state index is -1.99. The third-order valence-electron chi connectivity index (χ3n) is 2.03. The number of nitrogens with zero attached hydrogens (tertiary/aromatic N) is 1. The summed E-state index contributed by atoms with van der Waals surface area (Å²) in [5.41, 5.74) is 0.113. The van der Waals surface area contributed by atoms with Crippen LogP contribution < -0.4 is 0 Å². The average molecular weight is 237 g/mol. The maximum Gasteiger partial charge on any atom is 0.390 e. The van der Waals surface area contributed by atoms with Crippen molar-refractivity contribution in [3.63, 3.8) is 0 Å². The zero-order valence-electron chi connectivity index (χ0n) is 9.16. The van der Waals surface area contributed by atoms with Gasteiger partial charge in [-0.2, -0.15) is 0 Å². The van der Waals surface area contributed by atoms with Crippen molar-refractivity contribution < 1.29 is 19.2 Å². The highest BCUT2D eigenvalue weighted by Crippen LogP contribution is 2.07. The summed E-state index contributed by atoms with van der Waals surface area (Å²) < 4.78 is 4.51. The smallest absolute Gasteiger partial charge is 0.390 e. The van der Waals surface area contributed by atoms with Gasteiger partial charge in [0.25, 0.3) is 0 Å². The van der Waals surface area contributed by atoms with Gasteiger partial charge in [0.2, 0.25) is 5.78 Å². The fraction of sp³-hybridized carbons (Fsp3) is 0.273. The van der Waals surface area contributed by atoms with Gasteiger partial charge in [-0.25, -0.2) is 4.79 Å². The number of ketones is 1. The van der Waals surface area contributed by atoms with Crippen molar-refractivity contribution in [1.82, 2.24) is 0 Å².